The highest BCUT2D eigenvalue weighted by atomic mass is 16.6. The third kappa shape index (κ3) is 1.68. The van der Waals surface area contributed by atoms with Gasteiger partial charge in [-0.05, 0) is 19.8 Å². The molecule has 0 amide bonds. The number of nitro benzene ring substituents is 1. The number of nitrogens with two attached hydrogens (primary N) is 1. The van der Waals surface area contributed by atoms with Crippen molar-refractivity contribution in [2.45, 2.75) is 25.2 Å². The second-order valence-electron chi connectivity index (χ2n) is 4.32. The maximum atomic E-state index is 11.1. The molecule has 0 radical (unpaired) electrons. The molecule has 0 spiro atoms. The van der Waals surface area contributed by atoms with Crippen LogP contribution >= 0.6 is 0 Å². The van der Waals surface area contributed by atoms with Crippen molar-refractivity contribution in [1.29, 1.82) is 0 Å². The minimum atomic E-state index is -0.318. The Balaban J connectivity index is 2.48. The number of nitro groups is 1. The zero-order valence-electron chi connectivity index (χ0n) is 9.10. The molecule has 0 unspecified atom stereocenters. The van der Waals surface area contributed by atoms with Gasteiger partial charge in [0, 0.05) is 16.5 Å². The first-order valence-corrected chi connectivity index (χ1v) is 5.17. The molecule has 1 aromatic carbocycles. The third-order valence-corrected chi connectivity index (χ3v) is 3.20. The number of benzene rings is 1. The molecule has 2 rings (SSSR count). The van der Waals surface area contributed by atoms with E-state index in [1.807, 2.05) is 6.07 Å². The van der Waals surface area contributed by atoms with Crippen molar-refractivity contribution in [3.8, 4) is 0 Å². The predicted octanol–water partition coefficient (Wildman–Crippen LogP) is 1.83. The Morgan fingerprint density at radius 3 is 2.75 bits per heavy atom. The summed E-state index contributed by atoms with van der Waals surface area (Å²) < 4.78 is 0. The lowest BCUT2D eigenvalue weighted by Crippen LogP contribution is -2.19. The normalized spacial score (nSPS) is 17.1. The van der Waals surface area contributed by atoms with Crippen LogP contribution in [0.25, 0.3) is 0 Å². The minimum Gasteiger partial charge on any atom is -0.304 e. The minimum absolute atomic E-state index is 0.206. The van der Waals surface area contributed by atoms with Gasteiger partial charge in [0.1, 0.15) is 0 Å². The predicted molar refractivity (Wildman–Crippen MR) is 58.9 cm³/mol. The second-order valence-corrected chi connectivity index (χ2v) is 4.32. The molecule has 0 aromatic heterocycles. The fraction of sp³-hybridized carbons (Fsp3) is 0.455. The molecule has 1 aliphatic carbocycles. The molecule has 1 fully saturated rings. The second kappa shape index (κ2) is 3.84. The molecule has 0 atom stereocenters. The quantitative estimate of drug-likeness (QED) is 0.622. The van der Waals surface area contributed by atoms with Gasteiger partial charge in [-0.3, -0.25) is 10.1 Å². The zero-order chi connectivity index (χ0) is 11.8. The first-order valence-electron chi connectivity index (χ1n) is 5.17. The van der Waals surface area contributed by atoms with Gasteiger partial charge in [-0.2, -0.15) is 0 Å². The van der Waals surface area contributed by atoms with Crippen LogP contribution in [0.15, 0.2) is 18.2 Å². The van der Waals surface area contributed by atoms with E-state index in [4.69, 9.17) is 5.90 Å². The number of rotatable bonds is 4. The Labute approximate surface area is 93.3 Å². The molecule has 1 saturated carbocycles. The van der Waals surface area contributed by atoms with Crippen LogP contribution in [0.1, 0.15) is 24.0 Å². The smallest absolute Gasteiger partial charge is 0.276 e. The van der Waals surface area contributed by atoms with Gasteiger partial charge >= 0.3 is 0 Å². The highest BCUT2D eigenvalue weighted by Crippen LogP contribution is 2.51. The molecular formula is C11H14N2O3. The summed E-state index contributed by atoms with van der Waals surface area (Å²) in [6, 6.07) is 5.40. The van der Waals surface area contributed by atoms with Crippen LogP contribution in [0.2, 0.25) is 0 Å². The summed E-state index contributed by atoms with van der Waals surface area (Å²) in [5.74, 6) is 5.09. The van der Waals surface area contributed by atoms with Crippen molar-refractivity contribution in [3.63, 3.8) is 0 Å². The maximum Gasteiger partial charge on any atom is 0.276 e. The molecule has 0 bridgehead atoms. The van der Waals surface area contributed by atoms with Crippen molar-refractivity contribution in [2.24, 2.45) is 5.90 Å². The summed E-state index contributed by atoms with van der Waals surface area (Å²) >= 11 is 0. The topological polar surface area (TPSA) is 78.4 Å². The van der Waals surface area contributed by atoms with Crippen LogP contribution in [0, 0.1) is 17.0 Å². The SMILES string of the molecule is Cc1cccc(C2(CON)CC2)c1[N+](=O)[O-]. The van der Waals surface area contributed by atoms with Gasteiger partial charge in [0.25, 0.3) is 5.69 Å². The van der Waals surface area contributed by atoms with Gasteiger partial charge < -0.3 is 4.84 Å². The number of nitrogens with zero attached hydrogens (tertiary/aromatic N) is 1. The third-order valence-electron chi connectivity index (χ3n) is 3.20. The Hall–Kier alpha value is -1.46. The van der Waals surface area contributed by atoms with E-state index < -0.39 is 0 Å². The van der Waals surface area contributed by atoms with Gasteiger partial charge in [0.2, 0.25) is 0 Å². The van der Waals surface area contributed by atoms with Gasteiger partial charge in [-0.1, -0.05) is 18.2 Å². The van der Waals surface area contributed by atoms with Crippen LogP contribution < -0.4 is 5.90 Å². The lowest BCUT2D eigenvalue weighted by molar-refractivity contribution is -0.386. The standard InChI is InChI=1S/C11H14N2O3/c1-8-3-2-4-9(10(8)13(14)15)11(5-6-11)7-16-12/h2-4H,5-7,12H2,1H3. The van der Waals surface area contributed by atoms with Crippen LogP contribution in [0.4, 0.5) is 5.69 Å². The van der Waals surface area contributed by atoms with E-state index in [2.05, 4.69) is 4.84 Å². The number of aryl methyl sites for hydroxylation is 1. The monoisotopic (exact) mass is 222 g/mol. The number of para-hydroxylation sites is 1. The van der Waals surface area contributed by atoms with Gasteiger partial charge in [-0.25, -0.2) is 5.90 Å². The fourth-order valence-corrected chi connectivity index (χ4v) is 2.13. The van der Waals surface area contributed by atoms with E-state index in [1.165, 1.54) is 0 Å². The Morgan fingerprint density at radius 1 is 1.56 bits per heavy atom. The molecule has 86 valence electrons. The van der Waals surface area contributed by atoms with Crippen molar-refractivity contribution in [2.75, 3.05) is 6.61 Å². The Kier molecular flexibility index (Phi) is 2.65. The first kappa shape index (κ1) is 11.0. The highest BCUT2D eigenvalue weighted by Gasteiger charge is 2.48. The molecule has 5 nitrogen and oxygen atoms in total. The summed E-state index contributed by atoms with van der Waals surface area (Å²) in [5.41, 5.74) is 1.41. The molecule has 0 aliphatic heterocycles. The largest absolute Gasteiger partial charge is 0.304 e. The average molecular weight is 222 g/mol. The van der Waals surface area contributed by atoms with E-state index >= 15 is 0 Å². The molecule has 0 saturated heterocycles. The molecule has 2 N–H and O–H groups in total. The van der Waals surface area contributed by atoms with E-state index in [1.54, 1.807) is 19.1 Å². The highest BCUT2D eigenvalue weighted by molar-refractivity contribution is 5.53. The van der Waals surface area contributed by atoms with Crippen LogP contribution in [0.5, 0.6) is 0 Å². The van der Waals surface area contributed by atoms with Crippen molar-refractivity contribution >= 4 is 5.69 Å². The molecule has 1 aromatic rings. The van der Waals surface area contributed by atoms with E-state index in [0.29, 0.717) is 12.2 Å². The van der Waals surface area contributed by atoms with Gasteiger partial charge in [0.05, 0.1) is 11.5 Å². The van der Waals surface area contributed by atoms with Crippen LogP contribution in [-0.4, -0.2) is 11.5 Å². The molecular weight excluding hydrogens is 208 g/mol. The van der Waals surface area contributed by atoms with E-state index in [0.717, 1.165) is 18.4 Å². The zero-order valence-corrected chi connectivity index (χ0v) is 9.10. The van der Waals surface area contributed by atoms with Crippen molar-refractivity contribution in [3.05, 3.63) is 39.4 Å². The fourth-order valence-electron chi connectivity index (χ4n) is 2.13. The summed E-state index contributed by atoms with van der Waals surface area (Å²) in [6.45, 7) is 2.10. The van der Waals surface area contributed by atoms with E-state index in [9.17, 15) is 10.1 Å². The number of hydrogen-bond acceptors (Lipinski definition) is 4. The maximum absolute atomic E-state index is 11.1. The van der Waals surface area contributed by atoms with Crippen LogP contribution in [-0.2, 0) is 10.3 Å². The molecule has 0 heterocycles. The Morgan fingerprint density at radius 2 is 2.25 bits per heavy atom. The van der Waals surface area contributed by atoms with Crippen molar-refractivity contribution in [1.82, 2.24) is 0 Å². The molecule has 1 aliphatic rings. The lowest BCUT2D eigenvalue weighted by Gasteiger charge is -2.14. The van der Waals surface area contributed by atoms with Gasteiger partial charge in [0.15, 0.2) is 0 Å². The molecule has 16 heavy (non-hydrogen) atoms. The summed E-state index contributed by atoms with van der Waals surface area (Å²) in [6.07, 6.45) is 1.79. The lowest BCUT2D eigenvalue weighted by atomic mass is 9.93. The summed E-state index contributed by atoms with van der Waals surface area (Å²) in [5, 5.41) is 11.1. The van der Waals surface area contributed by atoms with Crippen molar-refractivity contribution < 1.29 is 9.76 Å². The van der Waals surface area contributed by atoms with E-state index in [-0.39, 0.29) is 16.0 Å². The number of hydrogen-bond donors (Lipinski definition) is 1. The summed E-state index contributed by atoms with van der Waals surface area (Å²) in [7, 11) is 0. The first-order chi connectivity index (χ1) is 7.60. The summed E-state index contributed by atoms with van der Waals surface area (Å²) in [4.78, 5) is 15.4. The Bertz CT molecular complexity index is 427. The van der Waals surface area contributed by atoms with Gasteiger partial charge in [-0.15, -0.1) is 0 Å². The van der Waals surface area contributed by atoms with Crippen LogP contribution in [0.3, 0.4) is 0 Å². The average Bonchev–Trinajstić information content (AvgIpc) is 2.98. The molecule has 5 heteroatoms.